The Kier molecular flexibility index (Phi) is 5.31. The zero-order chi connectivity index (χ0) is 17.0. The van der Waals surface area contributed by atoms with Crippen molar-refractivity contribution < 1.29 is 10.2 Å². The highest BCUT2D eigenvalue weighted by molar-refractivity contribution is 5.98. The van der Waals surface area contributed by atoms with E-state index in [1.165, 1.54) is 6.07 Å². The summed E-state index contributed by atoms with van der Waals surface area (Å²) in [6, 6.07) is 5.11. The van der Waals surface area contributed by atoms with Crippen molar-refractivity contribution in [3.05, 3.63) is 23.8 Å². The normalized spacial score (nSPS) is 17.7. The Balaban J connectivity index is 2.06. The molecule has 1 atom stereocenters. The minimum absolute atomic E-state index is 0.0550. The average Bonchev–Trinajstić information content (AvgIpc) is 2.70. The Bertz CT molecular complexity index is 612. The van der Waals surface area contributed by atoms with Gasteiger partial charge in [0.25, 0.3) is 0 Å². The van der Waals surface area contributed by atoms with E-state index in [1.54, 1.807) is 12.1 Å². The third-order valence-corrected chi connectivity index (χ3v) is 3.67. The van der Waals surface area contributed by atoms with Crippen LogP contribution in [0.3, 0.4) is 0 Å². The predicted octanol–water partition coefficient (Wildman–Crippen LogP) is 0.837. The van der Waals surface area contributed by atoms with Gasteiger partial charge in [-0.15, -0.1) is 0 Å². The zero-order valence-corrected chi connectivity index (χ0v) is 14.1. The van der Waals surface area contributed by atoms with E-state index in [1.807, 2.05) is 37.9 Å². The Hall–Kier alpha value is -2.44. The number of hydrogen-bond donors (Lipinski definition) is 3. The molecule has 1 unspecified atom stereocenters. The van der Waals surface area contributed by atoms with Crippen LogP contribution >= 0.6 is 0 Å². The SMILES string of the molecule is CC1CN=C(N(C)C)NC(N(C)CCc2cccc(O)c2O)=N1. The van der Waals surface area contributed by atoms with Crippen LogP contribution in [0.5, 0.6) is 11.5 Å². The molecule has 0 fully saturated rings. The van der Waals surface area contributed by atoms with E-state index in [2.05, 4.69) is 15.3 Å². The van der Waals surface area contributed by atoms with Gasteiger partial charge in [-0.2, -0.15) is 0 Å². The Morgan fingerprint density at radius 3 is 2.65 bits per heavy atom. The maximum Gasteiger partial charge on any atom is 0.200 e. The molecule has 23 heavy (non-hydrogen) atoms. The van der Waals surface area contributed by atoms with Gasteiger partial charge in [0.15, 0.2) is 17.5 Å². The lowest BCUT2D eigenvalue weighted by molar-refractivity contribution is 0.396. The minimum Gasteiger partial charge on any atom is -0.504 e. The number of aromatic hydroxyl groups is 2. The van der Waals surface area contributed by atoms with Gasteiger partial charge in [-0.1, -0.05) is 12.1 Å². The summed E-state index contributed by atoms with van der Waals surface area (Å²) in [5, 5.41) is 22.7. The third kappa shape index (κ3) is 4.28. The van der Waals surface area contributed by atoms with E-state index in [0.29, 0.717) is 25.1 Å². The fourth-order valence-corrected chi connectivity index (χ4v) is 2.26. The lowest BCUT2D eigenvalue weighted by Crippen LogP contribution is -2.47. The van der Waals surface area contributed by atoms with Crippen LogP contribution in [0, 0.1) is 0 Å². The van der Waals surface area contributed by atoms with Crippen LogP contribution in [-0.2, 0) is 6.42 Å². The lowest BCUT2D eigenvalue weighted by atomic mass is 10.1. The van der Waals surface area contributed by atoms with Crippen molar-refractivity contribution in [2.75, 3.05) is 34.2 Å². The third-order valence-electron chi connectivity index (χ3n) is 3.67. The monoisotopic (exact) mass is 319 g/mol. The highest BCUT2D eigenvalue weighted by atomic mass is 16.3. The molecule has 0 spiro atoms. The van der Waals surface area contributed by atoms with Gasteiger partial charge in [-0.25, -0.2) is 4.99 Å². The molecule has 0 aromatic heterocycles. The molecule has 1 aliphatic heterocycles. The van der Waals surface area contributed by atoms with Crippen molar-refractivity contribution in [3.63, 3.8) is 0 Å². The Morgan fingerprint density at radius 2 is 1.96 bits per heavy atom. The van der Waals surface area contributed by atoms with Gasteiger partial charge in [-0.3, -0.25) is 10.3 Å². The van der Waals surface area contributed by atoms with E-state index < -0.39 is 0 Å². The molecule has 0 amide bonds. The van der Waals surface area contributed by atoms with Gasteiger partial charge in [0.1, 0.15) is 0 Å². The van der Waals surface area contributed by atoms with Crippen molar-refractivity contribution >= 4 is 11.9 Å². The van der Waals surface area contributed by atoms with Gasteiger partial charge >= 0.3 is 0 Å². The molecule has 1 aromatic rings. The quantitative estimate of drug-likeness (QED) is 0.719. The fourth-order valence-electron chi connectivity index (χ4n) is 2.26. The summed E-state index contributed by atoms with van der Waals surface area (Å²) in [5.74, 6) is 1.38. The number of phenolic OH excluding ortho intramolecular Hbond substituents is 2. The summed E-state index contributed by atoms with van der Waals surface area (Å²) in [6.07, 6.45) is 0.597. The number of guanidine groups is 2. The van der Waals surface area contributed by atoms with Crippen molar-refractivity contribution in [2.45, 2.75) is 19.4 Å². The number of para-hydroxylation sites is 1. The molecule has 2 rings (SSSR count). The van der Waals surface area contributed by atoms with Gasteiger partial charge in [0.05, 0.1) is 12.6 Å². The van der Waals surface area contributed by atoms with Crippen molar-refractivity contribution in [1.29, 1.82) is 0 Å². The van der Waals surface area contributed by atoms with E-state index in [0.717, 1.165) is 11.9 Å². The second-order valence-corrected chi connectivity index (χ2v) is 5.94. The number of nitrogens with zero attached hydrogens (tertiary/aromatic N) is 4. The average molecular weight is 319 g/mol. The lowest BCUT2D eigenvalue weighted by Gasteiger charge is -2.24. The predicted molar refractivity (Wildman–Crippen MR) is 92.1 cm³/mol. The number of rotatable bonds is 3. The summed E-state index contributed by atoms with van der Waals surface area (Å²) in [5.41, 5.74) is 0.709. The van der Waals surface area contributed by atoms with E-state index in [-0.39, 0.29) is 17.5 Å². The number of hydrogen-bond acceptors (Lipinski definition) is 7. The largest absolute Gasteiger partial charge is 0.504 e. The molecule has 0 bridgehead atoms. The minimum atomic E-state index is -0.0919. The first-order valence-electron chi connectivity index (χ1n) is 7.66. The second kappa shape index (κ2) is 7.21. The van der Waals surface area contributed by atoms with Gasteiger partial charge < -0.3 is 20.0 Å². The van der Waals surface area contributed by atoms with Crippen LogP contribution in [0.15, 0.2) is 28.2 Å². The summed E-state index contributed by atoms with van der Waals surface area (Å²) in [7, 11) is 5.81. The number of likely N-dealkylation sites (N-methyl/N-ethyl adjacent to an activating group) is 1. The molecule has 1 aromatic carbocycles. The molecule has 0 saturated carbocycles. The first kappa shape index (κ1) is 16.9. The first-order valence-corrected chi connectivity index (χ1v) is 7.66. The molecule has 0 radical (unpaired) electrons. The maximum absolute atomic E-state index is 9.88. The molecule has 3 N–H and O–H groups in total. The smallest absolute Gasteiger partial charge is 0.200 e. The molecule has 7 heteroatoms. The summed E-state index contributed by atoms with van der Waals surface area (Å²) in [4.78, 5) is 13.0. The molecule has 0 aliphatic carbocycles. The fraction of sp³-hybridized carbons (Fsp3) is 0.500. The van der Waals surface area contributed by atoms with E-state index in [9.17, 15) is 10.2 Å². The standard InChI is InChI=1S/C16H25N5O2/c1-11-10-17-15(20(2)3)19-16(18-11)21(4)9-8-12-6-5-7-13(22)14(12)23/h5-7,11,22-23H,8-10H2,1-4H3,(H,17,18,19). The first-order chi connectivity index (χ1) is 10.9. The van der Waals surface area contributed by atoms with Gasteiger partial charge in [0, 0.05) is 27.7 Å². The van der Waals surface area contributed by atoms with Crippen molar-refractivity contribution in [2.24, 2.45) is 9.98 Å². The Labute approximate surface area is 137 Å². The van der Waals surface area contributed by atoms with Crippen LogP contribution in [0.1, 0.15) is 12.5 Å². The molecule has 126 valence electrons. The summed E-state index contributed by atoms with van der Waals surface area (Å²) < 4.78 is 0. The van der Waals surface area contributed by atoms with Crippen molar-refractivity contribution in [1.82, 2.24) is 15.1 Å². The van der Waals surface area contributed by atoms with Gasteiger partial charge in [-0.05, 0) is 25.0 Å². The van der Waals surface area contributed by atoms with E-state index in [4.69, 9.17) is 0 Å². The van der Waals surface area contributed by atoms with Crippen LogP contribution in [-0.4, -0.2) is 72.2 Å². The zero-order valence-electron chi connectivity index (χ0n) is 14.1. The topological polar surface area (TPSA) is 83.7 Å². The molecular formula is C16H25N5O2. The summed E-state index contributed by atoms with van der Waals surface area (Å²) in [6.45, 7) is 3.32. The van der Waals surface area contributed by atoms with Crippen LogP contribution in [0.25, 0.3) is 0 Å². The van der Waals surface area contributed by atoms with Crippen LogP contribution < -0.4 is 5.32 Å². The number of nitrogens with one attached hydrogen (secondary N) is 1. The molecule has 7 nitrogen and oxygen atoms in total. The highest BCUT2D eigenvalue weighted by Crippen LogP contribution is 2.28. The second-order valence-electron chi connectivity index (χ2n) is 5.94. The van der Waals surface area contributed by atoms with Crippen molar-refractivity contribution in [3.8, 4) is 11.5 Å². The number of benzene rings is 1. The maximum atomic E-state index is 9.88. The molecule has 0 saturated heterocycles. The Morgan fingerprint density at radius 1 is 1.22 bits per heavy atom. The van der Waals surface area contributed by atoms with Crippen LogP contribution in [0.4, 0.5) is 0 Å². The highest BCUT2D eigenvalue weighted by Gasteiger charge is 2.17. The van der Waals surface area contributed by atoms with Gasteiger partial charge in [0.2, 0.25) is 5.96 Å². The van der Waals surface area contributed by atoms with E-state index >= 15 is 0 Å². The molecule has 1 heterocycles. The number of aliphatic imine (C=N–C) groups is 2. The van der Waals surface area contributed by atoms with Crippen LogP contribution in [0.2, 0.25) is 0 Å². The number of phenols is 2. The summed E-state index contributed by atoms with van der Waals surface area (Å²) >= 11 is 0. The molecular weight excluding hydrogens is 294 g/mol. The molecule has 1 aliphatic rings.